The molecule has 2 aromatic carbocycles. The molecule has 0 aliphatic rings. The number of carboxylic acids is 1. The van der Waals surface area contributed by atoms with Gasteiger partial charge in [-0.2, -0.15) is 23.5 Å². The molecule has 0 saturated carbocycles. The van der Waals surface area contributed by atoms with Crippen molar-refractivity contribution in [2.24, 2.45) is 0 Å². The standard InChI is InChI=1S/C22H28O2S2/c23-22(24)14-8-7-13-21(26-18-20-11-5-2-6-12-20)15-16-25-17-19-9-3-1-4-10-19/h1-6,9-12,21H,7-8,13-18H2,(H,23,24)/i15D2. The fourth-order valence-corrected chi connectivity index (χ4v) is 4.59. The zero-order valence-corrected chi connectivity index (χ0v) is 16.6. The minimum Gasteiger partial charge on any atom is -0.481 e. The van der Waals surface area contributed by atoms with Crippen LogP contribution in [0.2, 0.25) is 0 Å². The Bertz CT molecular complexity index is 696. The lowest BCUT2D eigenvalue weighted by atomic mass is 10.1. The smallest absolute Gasteiger partial charge is 0.303 e. The van der Waals surface area contributed by atoms with Gasteiger partial charge >= 0.3 is 5.97 Å². The number of rotatable bonds is 13. The maximum Gasteiger partial charge on any atom is 0.303 e. The molecular weight excluding hydrogens is 360 g/mol. The summed E-state index contributed by atoms with van der Waals surface area (Å²) in [5.41, 5.74) is 2.40. The van der Waals surface area contributed by atoms with Crippen LogP contribution >= 0.6 is 23.5 Å². The van der Waals surface area contributed by atoms with E-state index in [1.807, 2.05) is 36.4 Å². The van der Waals surface area contributed by atoms with Crippen LogP contribution in [0.15, 0.2) is 60.7 Å². The summed E-state index contributed by atoms with van der Waals surface area (Å²) >= 11 is 3.28. The molecule has 1 unspecified atom stereocenters. The second-order valence-electron chi connectivity index (χ2n) is 6.11. The molecule has 4 heteroatoms. The van der Waals surface area contributed by atoms with E-state index in [4.69, 9.17) is 7.85 Å². The van der Waals surface area contributed by atoms with E-state index >= 15 is 0 Å². The summed E-state index contributed by atoms with van der Waals surface area (Å²) in [6.45, 7) is 0. The first-order chi connectivity index (χ1) is 13.5. The van der Waals surface area contributed by atoms with E-state index in [1.54, 1.807) is 23.5 Å². The number of hydrogen-bond acceptors (Lipinski definition) is 3. The largest absolute Gasteiger partial charge is 0.481 e. The average Bonchev–Trinajstić information content (AvgIpc) is 2.68. The zero-order chi connectivity index (χ0) is 20.2. The van der Waals surface area contributed by atoms with Crippen molar-refractivity contribution in [2.75, 3.05) is 5.75 Å². The normalized spacial score (nSPS) is 13.7. The first kappa shape index (κ1) is 18.0. The predicted octanol–water partition coefficient (Wildman–Crippen LogP) is 6.26. The van der Waals surface area contributed by atoms with Crippen LogP contribution in [-0.2, 0) is 16.3 Å². The SMILES string of the molecule is [2H]C([2H])(CSCc1ccccc1)C(CCCCC(=O)O)SCc1ccccc1. The minimum atomic E-state index is -1.30. The Morgan fingerprint density at radius 3 is 2.19 bits per heavy atom. The third kappa shape index (κ3) is 9.35. The van der Waals surface area contributed by atoms with Crippen molar-refractivity contribution in [3.05, 3.63) is 71.8 Å². The number of hydrogen-bond donors (Lipinski definition) is 1. The van der Waals surface area contributed by atoms with Gasteiger partial charge in [-0.25, -0.2) is 0 Å². The van der Waals surface area contributed by atoms with Crippen LogP contribution in [0.5, 0.6) is 0 Å². The van der Waals surface area contributed by atoms with Crippen molar-refractivity contribution in [3.8, 4) is 0 Å². The van der Waals surface area contributed by atoms with Crippen molar-refractivity contribution in [1.82, 2.24) is 0 Å². The van der Waals surface area contributed by atoms with Gasteiger partial charge in [0.25, 0.3) is 0 Å². The quantitative estimate of drug-likeness (QED) is 0.410. The zero-order valence-electron chi connectivity index (χ0n) is 17.0. The minimum absolute atomic E-state index is 0.148. The number of unbranched alkanes of at least 4 members (excludes halogenated alkanes) is 1. The van der Waals surface area contributed by atoms with E-state index in [1.165, 1.54) is 11.1 Å². The third-order valence-electron chi connectivity index (χ3n) is 3.93. The van der Waals surface area contributed by atoms with Gasteiger partial charge in [0.1, 0.15) is 0 Å². The molecule has 0 spiro atoms. The fourth-order valence-electron chi connectivity index (χ4n) is 2.52. The monoisotopic (exact) mass is 390 g/mol. The van der Waals surface area contributed by atoms with Gasteiger partial charge in [0, 0.05) is 25.9 Å². The van der Waals surface area contributed by atoms with Gasteiger partial charge in [0.05, 0.1) is 0 Å². The van der Waals surface area contributed by atoms with Crippen LogP contribution in [0.25, 0.3) is 0 Å². The third-order valence-corrected chi connectivity index (χ3v) is 6.14. The number of carboxylic acid groups (broad SMARTS) is 1. The molecule has 2 aromatic rings. The second kappa shape index (κ2) is 12.9. The van der Waals surface area contributed by atoms with Crippen molar-refractivity contribution in [2.45, 2.75) is 48.8 Å². The van der Waals surface area contributed by atoms with Gasteiger partial charge in [-0.05, 0) is 36.1 Å². The molecule has 2 nitrogen and oxygen atoms in total. The lowest BCUT2D eigenvalue weighted by Gasteiger charge is -2.16. The van der Waals surface area contributed by atoms with Gasteiger partial charge in [0.2, 0.25) is 0 Å². The molecule has 26 heavy (non-hydrogen) atoms. The van der Waals surface area contributed by atoms with Crippen LogP contribution in [0.4, 0.5) is 0 Å². The van der Waals surface area contributed by atoms with Gasteiger partial charge in [-0.3, -0.25) is 4.79 Å². The first-order valence-corrected chi connectivity index (χ1v) is 11.2. The molecule has 0 amide bonds. The summed E-state index contributed by atoms with van der Waals surface area (Å²) < 4.78 is 17.3. The molecule has 0 bridgehead atoms. The van der Waals surface area contributed by atoms with Crippen molar-refractivity contribution < 1.29 is 12.6 Å². The molecule has 1 N–H and O–H groups in total. The Kier molecular flexibility index (Phi) is 8.92. The van der Waals surface area contributed by atoms with Gasteiger partial charge in [-0.1, -0.05) is 67.1 Å². The lowest BCUT2D eigenvalue weighted by molar-refractivity contribution is -0.137. The van der Waals surface area contributed by atoms with Crippen molar-refractivity contribution >= 4 is 29.5 Å². The van der Waals surface area contributed by atoms with Gasteiger partial charge < -0.3 is 5.11 Å². The highest BCUT2D eigenvalue weighted by Gasteiger charge is 2.10. The first-order valence-electron chi connectivity index (χ1n) is 9.96. The summed E-state index contributed by atoms with van der Waals surface area (Å²) in [6.07, 6.45) is 0.889. The van der Waals surface area contributed by atoms with E-state index in [0.717, 1.165) is 17.9 Å². The van der Waals surface area contributed by atoms with E-state index in [-0.39, 0.29) is 11.7 Å². The summed E-state index contributed by atoms with van der Waals surface area (Å²) in [7, 11) is 0. The molecule has 0 aromatic heterocycles. The van der Waals surface area contributed by atoms with Crippen molar-refractivity contribution in [1.29, 1.82) is 0 Å². The Morgan fingerprint density at radius 2 is 1.58 bits per heavy atom. The summed E-state index contributed by atoms with van der Waals surface area (Å²) in [5.74, 6) is 1.23. The molecule has 0 fully saturated rings. The van der Waals surface area contributed by atoms with Crippen LogP contribution in [0.3, 0.4) is 0 Å². The fraction of sp³-hybridized carbons (Fsp3) is 0.409. The summed E-state index contributed by atoms with van der Waals surface area (Å²) in [4.78, 5) is 10.7. The molecule has 140 valence electrons. The second-order valence-corrected chi connectivity index (χ2v) is 8.28. The van der Waals surface area contributed by atoms with E-state index < -0.39 is 12.3 Å². The van der Waals surface area contributed by atoms with E-state index in [2.05, 4.69) is 24.3 Å². The van der Waals surface area contributed by atoms with E-state index in [0.29, 0.717) is 18.6 Å². The molecule has 0 radical (unpaired) electrons. The van der Waals surface area contributed by atoms with Crippen LogP contribution in [0.1, 0.15) is 45.9 Å². The molecular formula is C22H28O2S2. The molecule has 0 saturated heterocycles. The maximum atomic E-state index is 10.7. The highest BCUT2D eigenvalue weighted by atomic mass is 32.2. The molecule has 0 heterocycles. The van der Waals surface area contributed by atoms with Gasteiger partial charge in [0.15, 0.2) is 0 Å². The van der Waals surface area contributed by atoms with Crippen LogP contribution < -0.4 is 0 Å². The Morgan fingerprint density at radius 1 is 0.962 bits per heavy atom. The highest BCUT2D eigenvalue weighted by molar-refractivity contribution is 7.99. The number of thioether (sulfide) groups is 2. The number of carbonyl (C=O) groups is 1. The summed E-state index contributed by atoms with van der Waals surface area (Å²) in [5, 5.41) is 8.68. The average molecular weight is 391 g/mol. The Hall–Kier alpha value is -1.39. The maximum absolute atomic E-state index is 10.7. The molecule has 1 atom stereocenters. The van der Waals surface area contributed by atoms with Crippen molar-refractivity contribution in [3.63, 3.8) is 0 Å². The van der Waals surface area contributed by atoms with Gasteiger partial charge in [-0.15, -0.1) is 0 Å². The van der Waals surface area contributed by atoms with E-state index in [9.17, 15) is 4.79 Å². The Labute approximate surface area is 168 Å². The molecule has 0 aliphatic carbocycles. The Balaban J connectivity index is 1.90. The number of aliphatic carboxylic acids is 1. The molecule has 2 rings (SSSR count). The predicted molar refractivity (Wildman–Crippen MR) is 115 cm³/mol. The van der Waals surface area contributed by atoms with Crippen LogP contribution in [0, 0.1) is 0 Å². The number of benzene rings is 2. The highest BCUT2D eigenvalue weighted by Crippen LogP contribution is 2.27. The molecule has 0 aliphatic heterocycles. The lowest BCUT2D eigenvalue weighted by Crippen LogP contribution is -2.06. The summed E-state index contributed by atoms with van der Waals surface area (Å²) in [6, 6.07) is 20.2. The van der Waals surface area contributed by atoms with Crippen LogP contribution in [-0.4, -0.2) is 22.1 Å². The topological polar surface area (TPSA) is 37.3 Å².